The highest BCUT2D eigenvalue weighted by Gasteiger charge is 2.40. The number of para-hydroxylation sites is 1. The number of benzene rings is 2. The van der Waals surface area contributed by atoms with Crippen molar-refractivity contribution in [2.24, 2.45) is 0 Å². The monoisotopic (exact) mass is 391 g/mol. The second kappa shape index (κ2) is 7.74. The summed E-state index contributed by atoms with van der Waals surface area (Å²) in [4.78, 5) is 28.1. The summed E-state index contributed by atoms with van der Waals surface area (Å²) in [5.41, 5.74) is 4.33. The lowest BCUT2D eigenvalue weighted by molar-refractivity contribution is -0.119. The number of ketones is 1. The molecular formula is C24H25NO4. The number of anilines is 1. The van der Waals surface area contributed by atoms with E-state index < -0.39 is 0 Å². The molecule has 0 radical (unpaired) electrons. The van der Waals surface area contributed by atoms with E-state index in [1.807, 2.05) is 43.3 Å². The van der Waals surface area contributed by atoms with E-state index in [0.717, 1.165) is 40.9 Å². The highest BCUT2D eigenvalue weighted by molar-refractivity contribution is 6.07. The van der Waals surface area contributed by atoms with Gasteiger partial charge in [0.2, 0.25) is 5.91 Å². The lowest BCUT2D eigenvalue weighted by Crippen LogP contribution is -2.41. The maximum Gasteiger partial charge on any atom is 0.232 e. The molecule has 0 saturated heterocycles. The van der Waals surface area contributed by atoms with Gasteiger partial charge in [-0.15, -0.1) is 0 Å². The van der Waals surface area contributed by atoms with E-state index in [1.165, 1.54) is 0 Å². The number of aryl methyl sites for hydroxylation is 1. The zero-order valence-electron chi connectivity index (χ0n) is 17.0. The number of allylic oxidation sites excluding steroid dienone is 2. The maximum atomic E-state index is 13.3. The predicted octanol–water partition coefficient (Wildman–Crippen LogP) is 4.54. The third kappa shape index (κ3) is 3.31. The number of nitrogens with zero attached hydrogens (tertiary/aromatic N) is 1. The summed E-state index contributed by atoms with van der Waals surface area (Å²) >= 11 is 0. The largest absolute Gasteiger partial charge is 0.497 e. The summed E-state index contributed by atoms with van der Waals surface area (Å²) in [6, 6.07) is 13.4. The first-order chi connectivity index (χ1) is 14.0. The number of rotatable bonds is 4. The SMILES string of the molecule is COc1ccc([C@@H]2CC(=O)N(c3ccccc3C)C3=C2C(=O)CCC3)c(OC)c1. The molecule has 150 valence electrons. The molecule has 1 atom stereocenters. The van der Waals surface area contributed by atoms with Crippen molar-refractivity contribution in [2.45, 2.75) is 38.5 Å². The van der Waals surface area contributed by atoms with Gasteiger partial charge >= 0.3 is 0 Å². The van der Waals surface area contributed by atoms with Crippen LogP contribution < -0.4 is 14.4 Å². The van der Waals surface area contributed by atoms with Gasteiger partial charge in [0.25, 0.3) is 0 Å². The minimum absolute atomic E-state index is 0.00983. The molecule has 0 saturated carbocycles. The molecule has 1 aliphatic heterocycles. The highest BCUT2D eigenvalue weighted by Crippen LogP contribution is 2.46. The van der Waals surface area contributed by atoms with Crippen LogP contribution in [-0.4, -0.2) is 25.9 Å². The Bertz CT molecular complexity index is 1010. The normalized spacial score (nSPS) is 19.3. The van der Waals surface area contributed by atoms with Crippen LogP contribution in [0.5, 0.6) is 11.5 Å². The first kappa shape index (κ1) is 19.2. The number of carbonyl (C=O) groups excluding carboxylic acids is 2. The Morgan fingerprint density at radius 1 is 1.00 bits per heavy atom. The van der Waals surface area contributed by atoms with Gasteiger partial charge in [-0.1, -0.05) is 24.3 Å². The van der Waals surface area contributed by atoms with Gasteiger partial charge in [0.15, 0.2) is 5.78 Å². The summed E-state index contributed by atoms with van der Waals surface area (Å²) in [5.74, 6) is 1.15. The van der Waals surface area contributed by atoms with Crippen LogP contribution in [0.4, 0.5) is 5.69 Å². The molecule has 0 N–H and O–H groups in total. The Hall–Kier alpha value is -3.08. The summed E-state index contributed by atoms with van der Waals surface area (Å²) in [6.07, 6.45) is 2.24. The summed E-state index contributed by atoms with van der Waals surface area (Å²) in [6.45, 7) is 1.99. The molecule has 1 amide bonds. The van der Waals surface area contributed by atoms with Crippen LogP contribution in [0.15, 0.2) is 53.7 Å². The Kier molecular flexibility index (Phi) is 5.14. The van der Waals surface area contributed by atoms with E-state index in [0.29, 0.717) is 17.9 Å². The van der Waals surface area contributed by atoms with Crippen LogP contribution in [0.1, 0.15) is 42.7 Å². The Morgan fingerprint density at radius 3 is 2.52 bits per heavy atom. The summed E-state index contributed by atoms with van der Waals surface area (Å²) in [5, 5.41) is 0. The van der Waals surface area contributed by atoms with E-state index in [9.17, 15) is 9.59 Å². The van der Waals surface area contributed by atoms with Gasteiger partial charge in [-0.2, -0.15) is 0 Å². The van der Waals surface area contributed by atoms with Crippen molar-refractivity contribution in [3.63, 3.8) is 0 Å². The second-order valence-corrected chi connectivity index (χ2v) is 7.52. The molecule has 5 heteroatoms. The molecule has 0 fully saturated rings. The van der Waals surface area contributed by atoms with Gasteiger partial charge < -0.3 is 9.47 Å². The molecule has 2 aromatic rings. The topological polar surface area (TPSA) is 55.8 Å². The fraction of sp³-hybridized carbons (Fsp3) is 0.333. The van der Waals surface area contributed by atoms with Crippen molar-refractivity contribution < 1.29 is 19.1 Å². The lowest BCUT2D eigenvalue weighted by atomic mass is 9.76. The number of hydrogen-bond acceptors (Lipinski definition) is 4. The molecule has 2 aliphatic rings. The first-order valence-corrected chi connectivity index (χ1v) is 9.92. The lowest BCUT2D eigenvalue weighted by Gasteiger charge is -2.39. The molecule has 0 aromatic heterocycles. The number of amides is 1. The zero-order valence-corrected chi connectivity index (χ0v) is 17.0. The van der Waals surface area contributed by atoms with Crippen LogP contribution in [0.2, 0.25) is 0 Å². The number of carbonyl (C=O) groups is 2. The van der Waals surface area contributed by atoms with Crippen molar-refractivity contribution in [3.8, 4) is 11.5 Å². The molecular weight excluding hydrogens is 366 g/mol. The van der Waals surface area contributed by atoms with E-state index in [2.05, 4.69) is 0 Å². The molecule has 0 spiro atoms. The predicted molar refractivity (Wildman–Crippen MR) is 111 cm³/mol. The maximum absolute atomic E-state index is 13.3. The van der Waals surface area contributed by atoms with Crippen molar-refractivity contribution in [2.75, 3.05) is 19.1 Å². The van der Waals surface area contributed by atoms with Gasteiger partial charge in [-0.3, -0.25) is 14.5 Å². The summed E-state index contributed by atoms with van der Waals surface area (Å²) < 4.78 is 10.9. The average Bonchev–Trinajstić information content (AvgIpc) is 2.73. The third-order valence-electron chi connectivity index (χ3n) is 5.85. The van der Waals surface area contributed by atoms with Crippen LogP contribution in [-0.2, 0) is 9.59 Å². The van der Waals surface area contributed by atoms with Crippen LogP contribution in [0.3, 0.4) is 0 Å². The van der Waals surface area contributed by atoms with Crippen LogP contribution in [0.25, 0.3) is 0 Å². The van der Waals surface area contributed by atoms with Gasteiger partial charge in [0, 0.05) is 41.7 Å². The number of ether oxygens (including phenoxy) is 2. The van der Waals surface area contributed by atoms with Crippen LogP contribution in [0, 0.1) is 6.92 Å². The van der Waals surface area contributed by atoms with Crippen molar-refractivity contribution in [1.82, 2.24) is 0 Å². The van der Waals surface area contributed by atoms with Gasteiger partial charge in [-0.05, 0) is 37.5 Å². The fourth-order valence-electron chi connectivity index (χ4n) is 4.46. The van der Waals surface area contributed by atoms with Crippen molar-refractivity contribution >= 4 is 17.4 Å². The standard InChI is InChI=1S/C24H25NO4/c1-15-7-4-5-8-19(15)25-20-9-6-10-21(26)24(20)18(14-23(25)27)17-12-11-16(28-2)13-22(17)29-3/h4-5,7-8,11-13,18H,6,9-10,14H2,1-3H3/t18-/m0/s1. The van der Waals surface area contributed by atoms with E-state index >= 15 is 0 Å². The fourth-order valence-corrected chi connectivity index (χ4v) is 4.46. The third-order valence-corrected chi connectivity index (χ3v) is 5.85. The van der Waals surface area contributed by atoms with Crippen LogP contribution >= 0.6 is 0 Å². The minimum Gasteiger partial charge on any atom is -0.497 e. The van der Waals surface area contributed by atoms with Crippen molar-refractivity contribution in [3.05, 3.63) is 64.9 Å². The highest BCUT2D eigenvalue weighted by atomic mass is 16.5. The summed E-state index contributed by atoms with van der Waals surface area (Å²) in [7, 11) is 3.20. The molecule has 2 aromatic carbocycles. The molecule has 0 bridgehead atoms. The minimum atomic E-state index is -0.300. The van der Waals surface area contributed by atoms with Crippen molar-refractivity contribution in [1.29, 1.82) is 0 Å². The number of methoxy groups -OCH3 is 2. The molecule has 1 heterocycles. The van der Waals surface area contributed by atoms with Gasteiger partial charge in [0.05, 0.1) is 19.9 Å². The smallest absolute Gasteiger partial charge is 0.232 e. The molecule has 29 heavy (non-hydrogen) atoms. The van der Waals surface area contributed by atoms with E-state index in [1.54, 1.807) is 25.2 Å². The Labute approximate surface area is 170 Å². The molecule has 1 aliphatic carbocycles. The van der Waals surface area contributed by atoms with Gasteiger partial charge in [0.1, 0.15) is 11.5 Å². The Balaban J connectivity index is 1.88. The molecule has 5 nitrogen and oxygen atoms in total. The molecule has 0 unspecified atom stereocenters. The van der Waals surface area contributed by atoms with Gasteiger partial charge in [-0.25, -0.2) is 0 Å². The quantitative estimate of drug-likeness (QED) is 0.768. The Morgan fingerprint density at radius 2 is 1.79 bits per heavy atom. The van der Waals surface area contributed by atoms with E-state index in [-0.39, 0.29) is 24.0 Å². The number of Topliss-reactive ketones (excluding diaryl/α,β-unsaturated/α-hetero) is 1. The first-order valence-electron chi connectivity index (χ1n) is 9.92. The second-order valence-electron chi connectivity index (χ2n) is 7.52. The number of hydrogen-bond donors (Lipinski definition) is 0. The molecule has 4 rings (SSSR count). The zero-order chi connectivity index (χ0) is 20.5. The van der Waals surface area contributed by atoms with E-state index in [4.69, 9.17) is 9.47 Å². The average molecular weight is 391 g/mol.